The van der Waals surface area contributed by atoms with Gasteiger partial charge in [-0.15, -0.1) is 0 Å². The van der Waals surface area contributed by atoms with Gasteiger partial charge >= 0.3 is 0 Å². The lowest BCUT2D eigenvalue weighted by Gasteiger charge is -2.17. The van der Waals surface area contributed by atoms with Crippen LogP contribution in [0.4, 0.5) is 10.9 Å². The number of methoxy groups -OCH3 is 1. The number of rotatable bonds is 10. The minimum atomic E-state index is -0.169. The summed E-state index contributed by atoms with van der Waals surface area (Å²) in [6.07, 6.45) is 0. The molecule has 120 valence electrons. The Bertz CT molecular complexity index is 434. The van der Waals surface area contributed by atoms with Crippen LogP contribution in [0.1, 0.15) is 23.5 Å². The number of nitrogen functional groups attached to an aromatic ring is 1. The molecule has 1 amide bonds. The Balaban J connectivity index is 2.46. The van der Waals surface area contributed by atoms with Gasteiger partial charge in [-0.05, 0) is 13.1 Å². The quantitative estimate of drug-likeness (QED) is 0.555. The molecule has 1 rings (SSSR count). The summed E-state index contributed by atoms with van der Waals surface area (Å²) >= 11 is 1.26. The van der Waals surface area contributed by atoms with Crippen molar-refractivity contribution in [3.05, 3.63) is 4.88 Å². The summed E-state index contributed by atoms with van der Waals surface area (Å²) in [5.41, 5.74) is 5.79. The predicted octanol–water partition coefficient (Wildman–Crippen LogP) is 0.855. The predicted molar refractivity (Wildman–Crippen MR) is 87.0 cm³/mol. The van der Waals surface area contributed by atoms with Crippen LogP contribution in [-0.2, 0) is 4.74 Å². The number of carbonyl (C=O) groups excluding carboxylic acids is 1. The van der Waals surface area contributed by atoms with Gasteiger partial charge < -0.3 is 26.0 Å². The third-order valence-corrected chi connectivity index (χ3v) is 4.08. The number of nitrogens with zero attached hydrogens (tertiary/aromatic N) is 2. The van der Waals surface area contributed by atoms with Gasteiger partial charge in [0.2, 0.25) is 0 Å². The average molecular weight is 315 g/mol. The molecule has 1 aromatic rings. The molecule has 0 aromatic carbocycles. The maximum Gasteiger partial charge on any atom is 0.265 e. The van der Waals surface area contributed by atoms with E-state index in [2.05, 4.69) is 34.4 Å². The highest BCUT2D eigenvalue weighted by atomic mass is 32.1. The number of hydrogen-bond donors (Lipinski definition) is 3. The number of nitrogens with one attached hydrogen (secondary N) is 2. The van der Waals surface area contributed by atoms with Crippen LogP contribution in [-0.4, -0.2) is 62.2 Å². The molecule has 0 unspecified atom stereocenters. The van der Waals surface area contributed by atoms with Crippen LogP contribution in [0.25, 0.3) is 0 Å². The maximum absolute atomic E-state index is 12.1. The van der Waals surface area contributed by atoms with E-state index in [-0.39, 0.29) is 11.7 Å². The summed E-state index contributed by atoms with van der Waals surface area (Å²) in [6, 6.07) is 0. The Kier molecular flexibility index (Phi) is 8.03. The first kappa shape index (κ1) is 17.7. The third-order valence-electron chi connectivity index (χ3n) is 3.05. The number of nitrogens with two attached hydrogens (primary N) is 1. The van der Waals surface area contributed by atoms with Crippen LogP contribution in [0.5, 0.6) is 0 Å². The molecule has 1 heterocycles. The zero-order valence-electron chi connectivity index (χ0n) is 12.9. The van der Waals surface area contributed by atoms with Gasteiger partial charge in [0.1, 0.15) is 10.7 Å². The zero-order valence-corrected chi connectivity index (χ0v) is 13.8. The minimum Gasteiger partial charge on any atom is -0.383 e. The van der Waals surface area contributed by atoms with Crippen molar-refractivity contribution in [1.82, 2.24) is 15.2 Å². The number of thiazole rings is 1. The summed E-state index contributed by atoms with van der Waals surface area (Å²) in [7, 11) is 1.63. The average Bonchev–Trinajstić information content (AvgIpc) is 2.85. The third kappa shape index (κ3) is 5.86. The number of anilines is 2. The second-order valence-corrected chi connectivity index (χ2v) is 5.43. The zero-order chi connectivity index (χ0) is 15.7. The molecule has 4 N–H and O–H groups in total. The number of aromatic nitrogens is 1. The van der Waals surface area contributed by atoms with Crippen molar-refractivity contribution in [2.24, 2.45) is 0 Å². The fraction of sp³-hybridized carbons (Fsp3) is 0.692. The van der Waals surface area contributed by atoms with Gasteiger partial charge in [0, 0.05) is 26.7 Å². The first-order valence-electron chi connectivity index (χ1n) is 7.12. The van der Waals surface area contributed by atoms with E-state index in [9.17, 15) is 4.79 Å². The van der Waals surface area contributed by atoms with Crippen LogP contribution in [0.15, 0.2) is 0 Å². The Morgan fingerprint density at radius 2 is 2.10 bits per heavy atom. The highest BCUT2D eigenvalue weighted by Gasteiger charge is 2.15. The maximum atomic E-state index is 12.1. The van der Waals surface area contributed by atoms with Crippen molar-refractivity contribution >= 4 is 28.2 Å². The number of hydrogen-bond acceptors (Lipinski definition) is 7. The highest BCUT2D eigenvalue weighted by Crippen LogP contribution is 2.24. The molecule has 0 saturated carbocycles. The first-order chi connectivity index (χ1) is 10.1. The van der Waals surface area contributed by atoms with Gasteiger partial charge in [-0.3, -0.25) is 4.79 Å². The molecular weight excluding hydrogens is 290 g/mol. The SMILES string of the molecule is CCN(CC)CCNC(=O)c1sc(NCCOC)nc1N. The standard InChI is InChI=1S/C13H25N5O2S/c1-4-18(5-2)8-6-15-12(19)10-11(14)17-13(21-10)16-7-9-20-3/h4-9,14H2,1-3H3,(H,15,19)(H,16,17). The number of ether oxygens (including phenoxy) is 1. The van der Waals surface area contributed by atoms with E-state index in [0.29, 0.717) is 29.7 Å². The molecule has 0 aliphatic heterocycles. The van der Waals surface area contributed by atoms with E-state index < -0.39 is 0 Å². The van der Waals surface area contributed by atoms with Gasteiger partial charge in [-0.25, -0.2) is 4.98 Å². The highest BCUT2D eigenvalue weighted by molar-refractivity contribution is 7.18. The van der Waals surface area contributed by atoms with Crippen LogP contribution in [0, 0.1) is 0 Å². The molecular formula is C13H25N5O2S. The summed E-state index contributed by atoms with van der Waals surface area (Å²) in [6.45, 7) is 8.79. The van der Waals surface area contributed by atoms with E-state index in [0.717, 1.165) is 19.6 Å². The summed E-state index contributed by atoms with van der Waals surface area (Å²) in [4.78, 5) is 18.9. The lowest BCUT2D eigenvalue weighted by atomic mass is 10.4. The van der Waals surface area contributed by atoms with E-state index in [1.807, 2.05) is 0 Å². The minimum absolute atomic E-state index is 0.169. The molecule has 8 heteroatoms. The number of likely N-dealkylation sites (N-methyl/N-ethyl adjacent to an activating group) is 1. The van der Waals surface area contributed by atoms with Crippen molar-refractivity contribution in [2.45, 2.75) is 13.8 Å². The van der Waals surface area contributed by atoms with Crippen molar-refractivity contribution in [2.75, 3.05) is 57.5 Å². The first-order valence-corrected chi connectivity index (χ1v) is 7.93. The van der Waals surface area contributed by atoms with E-state index in [4.69, 9.17) is 10.5 Å². The van der Waals surface area contributed by atoms with E-state index in [1.54, 1.807) is 7.11 Å². The number of amides is 1. The summed E-state index contributed by atoms with van der Waals surface area (Å²) in [5, 5.41) is 6.58. The molecule has 21 heavy (non-hydrogen) atoms. The molecule has 0 atom stereocenters. The topological polar surface area (TPSA) is 92.5 Å². The van der Waals surface area contributed by atoms with Crippen molar-refractivity contribution in [1.29, 1.82) is 0 Å². The summed E-state index contributed by atoms with van der Waals surface area (Å²) in [5.74, 6) is 0.0946. The molecule has 0 saturated heterocycles. The van der Waals surface area contributed by atoms with Crippen LogP contribution in [0.2, 0.25) is 0 Å². The molecule has 0 bridgehead atoms. The Hall–Kier alpha value is -1.38. The van der Waals surface area contributed by atoms with Gasteiger partial charge in [0.15, 0.2) is 5.13 Å². The molecule has 7 nitrogen and oxygen atoms in total. The van der Waals surface area contributed by atoms with Crippen molar-refractivity contribution in [3.63, 3.8) is 0 Å². The van der Waals surface area contributed by atoms with Gasteiger partial charge in [0.25, 0.3) is 5.91 Å². The largest absolute Gasteiger partial charge is 0.383 e. The van der Waals surface area contributed by atoms with E-state index >= 15 is 0 Å². The molecule has 0 spiro atoms. The van der Waals surface area contributed by atoms with E-state index in [1.165, 1.54) is 11.3 Å². The Labute approximate surface area is 129 Å². The fourth-order valence-electron chi connectivity index (χ4n) is 1.78. The smallest absolute Gasteiger partial charge is 0.265 e. The normalized spacial score (nSPS) is 10.9. The van der Waals surface area contributed by atoms with Crippen LogP contribution in [0.3, 0.4) is 0 Å². The lowest BCUT2D eigenvalue weighted by Crippen LogP contribution is -2.34. The Morgan fingerprint density at radius 3 is 2.71 bits per heavy atom. The second kappa shape index (κ2) is 9.54. The summed E-state index contributed by atoms with van der Waals surface area (Å²) < 4.78 is 4.94. The van der Waals surface area contributed by atoms with Crippen LogP contribution < -0.4 is 16.4 Å². The number of carbonyl (C=O) groups is 1. The molecule has 0 fully saturated rings. The van der Waals surface area contributed by atoms with Gasteiger partial charge in [0.05, 0.1) is 6.61 Å². The van der Waals surface area contributed by atoms with Gasteiger partial charge in [-0.1, -0.05) is 25.2 Å². The Morgan fingerprint density at radius 1 is 1.38 bits per heavy atom. The lowest BCUT2D eigenvalue weighted by molar-refractivity contribution is 0.0953. The van der Waals surface area contributed by atoms with Crippen molar-refractivity contribution < 1.29 is 9.53 Å². The van der Waals surface area contributed by atoms with Crippen LogP contribution >= 0.6 is 11.3 Å². The van der Waals surface area contributed by atoms with Gasteiger partial charge in [-0.2, -0.15) is 0 Å². The molecule has 0 aliphatic rings. The monoisotopic (exact) mass is 315 g/mol. The van der Waals surface area contributed by atoms with Crippen molar-refractivity contribution in [3.8, 4) is 0 Å². The second-order valence-electron chi connectivity index (χ2n) is 4.44. The molecule has 1 aromatic heterocycles. The fourth-order valence-corrected chi connectivity index (χ4v) is 2.60. The molecule has 0 radical (unpaired) electrons. The molecule has 0 aliphatic carbocycles.